The molecule has 128 valence electrons. The van der Waals surface area contributed by atoms with Crippen molar-refractivity contribution in [3.8, 4) is 5.75 Å². The lowest BCUT2D eigenvalue weighted by molar-refractivity contribution is -0.114. The van der Waals surface area contributed by atoms with Gasteiger partial charge in [0.1, 0.15) is 5.75 Å². The van der Waals surface area contributed by atoms with Gasteiger partial charge in [0.25, 0.3) is 5.91 Å². The summed E-state index contributed by atoms with van der Waals surface area (Å²) in [6.45, 7) is 1.85. The van der Waals surface area contributed by atoms with E-state index in [4.69, 9.17) is 4.74 Å². The zero-order valence-electron chi connectivity index (χ0n) is 14.6. The highest BCUT2D eigenvalue weighted by atomic mass is 16.5. The smallest absolute Gasteiger partial charge is 0.280 e. The van der Waals surface area contributed by atoms with Crippen LogP contribution in [0.1, 0.15) is 12.5 Å². The van der Waals surface area contributed by atoms with Crippen LogP contribution in [-0.2, 0) is 4.79 Å². The Morgan fingerprint density at radius 1 is 0.962 bits per heavy atom. The van der Waals surface area contributed by atoms with Gasteiger partial charge in [-0.05, 0) is 53.6 Å². The molecule has 0 atom stereocenters. The number of amides is 1. The lowest BCUT2D eigenvalue weighted by atomic mass is 10.1. The third-order valence-corrected chi connectivity index (χ3v) is 4.44. The highest BCUT2D eigenvalue weighted by Crippen LogP contribution is 2.28. The molecule has 0 unspecified atom stereocenters. The first-order chi connectivity index (χ1) is 12.7. The molecular formula is C22H18N2O2. The number of nitrogens with zero attached hydrogens (tertiary/aromatic N) is 2. The Kier molecular flexibility index (Phi) is 4.01. The molecule has 0 radical (unpaired) electrons. The van der Waals surface area contributed by atoms with E-state index in [1.807, 2.05) is 79.7 Å². The van der Waals surface area contributed by atoms with Crippen LogP contribution in [0, 0.1) is 0 Å². The molecule has 1 aliphatic rings. The first-order valence-corrected chi connectivity index (χ1v) is 8.40. The van der Waals surface area contributed by atoms with Gasteiger partial charge in [-0.3, -0.25) is 4.79 Å². The van der Waals surface area contributed by atoms with Crippen molar-refractivity contribution in [2.24, 2.45) is 5.10 Å². The van der Waals surface area contributed by atoms with Gasteiger partial charge < -0.3 is 4.74 Å². The minimum atomic E-state index is -0.124. The van der Waals surface area contributed by atoms with Crippen LogP contribution < -0.4 is 9.75 Å². The predicted molar refractivity (Wildman–Crippen MR) is 106 cm³/mol. The van der Waals surface area contributed by atoms with Gasteiger partial charge in [0.05, 0.1) is 24.1 Å². The van der Waals surface area contributed by atoms with Gasteiger partial charge in [-0.1, -0.05) is 42.5 Å². The molecule has 1 aliphatic heterocycles. The number of hydrogen-bond donors (Lipinski definition) is 0. The van der Waals surface area contributed by atoms with Crippen LogP contribution in [0.15, 0.2) is 77.4 Å². The fourth-order valence-electron chi connectivity index (χ4n) is 3.07. The Bertz CT molecular complexity index is 1070. The molecule has 0 fully saturated rings. The molecule has 0 N–H and O–H groups in total. The molecule has 0 spiro atoms. The Morgan fingerprint density at radius 2 is 1.77 bits per heavy atom. The van der Waals surface area contributed by atoms with E-state index in [-0.39, 0.29) is 5.91 Å². The Labute approximate surface area is 152 Å². The number of carbonyl (C=O) groups is 1. The zero-order chi connectivity index (χ0) is 18.1. The molecule has 26 heavy (non-hydrogen) atoms. The van der Waals surface area contributed by atoms with Gasteiger partial charge >= 0.3 is 0 Å². The average Bonchev–Trinajstić information content (AvgIpc) is 2.96. The molecule has 0 aromatic heterocycles. The summed E-state index contributed by atoms with van der Waals surface area (Å²) >= 11 is 0. The first kappa shape index (κ1) is 16.1. The normalized spacial score (nSPS) is 15.6. The van der Waals surface area contributed by atoms with E-state index in [0.717, 1.165) is 27.8 Å². The molecule has 0 aliphatic carbocycles. The first-order valence-electron chi connectivity index (χ1n) is 8.40. The third-order valence-electron chi connectivity index (χ3n) is 4.44. The molecule has 1 amide bonds. The minimum Gasteiger partial charge on any atom is -0.497 e. The Morgan fingerprint density at radius 3 is 2.58 bits per heavy atom. The molecule has 1 heterocycles. The second-order valence-corrected chi connectivity index (χ2v) is 6.17. The molecule has 4 nitrogen and oxygen atoms in total. The Hall–Kier alpha value is -3.40. The van der Waals surface area contributed by atoms with E-state index in [1.54, 1.807) is 7.11 Å². The summed E-state index contributed by atoms with van der Waals surface area (Å²) in [4.78, 5) is 12.9. The number of hydrogen-bond acceptors (Lipinski definition) is 3. The van der Waals surface area contributed by atoms with Crippen LogP contribution in [-0.4, -0.2) is 18.7 Å². The third kappa shape index (κ3) is 2.86. The maximum absolute atomic E-state index is 12.9. The number of anilines is 1. The molecule has 4 rings (SSSR count). The van der Waals surface area contributed by atoms with Crippen molar-refractivity contribution < 1.29 is 9.53 Å². The SMILES string of the molecule is COc1cccc(/C=C2/C(=O)N(c3ccc4ccccc4c3)N=C2C)c1. The van der Waals surface area contributed by atoms with Crippen molar-refractivity contribution in [2.45, 2.75) is 6.92 Å². The van der Waals surface area contributed by atoms with E-state index >= 15 is 0 Å². The van der Waals surface area contributed by atoms with Crippen molar-refractivity contribution in [2.75, 3.05) is 12.1 Å². The summed E-state index contributed by atoms with van der Waals surface area (Å²) in [6.07, 6.45) is 1.85. The number of methoxy groups -OCH3 is 1. The average molecular weight is 342 g/mol. The summed E-state index contributed by atoms with van der Waals surface area (Å²) < 4.78 is 5.25. The van der Waals surface area contributed by atoms with Crippen LogP contribution in [0.4, 0.5) is 5.69 Å². The molecular weight excluding hydrogens is 324 g/mol. The highest BCUT2D eigenvalue weighted by molar-refractivity contribution is 6.32. The van der Waals surface area contributed by atoms with Gasteiger partial charge in [-0.2, -0.15) is 10.1 Å². The van der Waals surface area contributed by atoms with E-state index in [9.17, 15) is 4.79 Å². The predicted octanol–water partition coefficient (Wildman–Crippen LogP) is 4.65. The van der Waals surface area contributed by atoms with Crippen LogP contribution in [0.2, 0.25) is 0 Å². The van der Waals surface area contributed by atoms with Gasteiger partial charge in [0.2, 0.25) is 0 Å². The number of carbonyl (C=O) groups excluding carboxylic acids is 1. The van der Waals surface area contributed by atoms with Crippen molar-refractivity contribution in [3.05, 3.63) is 77.9 Å². The van der Waals surface area contributed by atoms with Crippen molar-refractivity contribution >= 4 is 34.2 Å². The van der Waals surface area contributed by atoms with Gasteiger partial charge in [-0.15, -0.1) is 0 Å². The topological polar surface area (TPSA) is 41.9 Å². The molecule has 0 saturated carbocycles. The monoisotopic (exact) mass is 342 g/mol. The lowest BCUT2D eigenvalue weighted by Crippen LogP contribution is -2.21. The summed E-state index contributed by atoms with van der Waals surface area (Å²) in [7, 11) is 1.63. The lowest BCUT2D eigenvalue weighted by Gasteiger charge is -2.12. The summed E-state index contributed by atoms with van der Waals surface area (Å²) in [5.74, 6) is 0.631. The van der Waals surface area contributed by atoms with Crippen LogP contribution >= 0.6 is 0 Å². The second kappa shape index (κ2) is 6.48. The number of rotatable bonds is 3. The molecule has 4 heteroatoms. The molecule has 0 saturated heterocycles. The van der Waals surface area contributed by atoms with Crippen molar-refractivity contribution in [3.63, 3.8) is 0 Å². The van der Waals surface area contributed by atoms with E-state index in [0.29, 0.717) is 11.3 Å². The zero-order valence-corrected chi connectivity index (χ0v) is 14.6. The van der Waals surface area contributed by atoms with E-state index in [1.165, 1.54) is 5.01 Å². The van der Waals surface area contributed by atoms with Gasteiger partial charge in [0, 0.05) is 0 Å². The van der Waals surface area contributed by atoms with Gasteiger partial charge in [-0.25, -0.2) is 0 Å². The van der Waals surface area contributed by atoms with E-state index < -0.39 is 0 Å². The minimum absolute atomic E-state index is 0.124. The number of benzene rings is 3. The summed E-state index contributed by atoms with van der Waals surface area (Å²) in [5, 5.41) is 8.15. The molecule has 3 aromatic carbocycles. The number of hydrazone groups is 1. The number of ether oxygens (including phenoxy) is 1. The summed E-state index contributed by atoms with van der Waals surface area (Å²) in [5.41, 5.74) is 2.96. The number of fused-ring (bicyclic) bond motifs is 1. The largest absolute Gasteiger partial charge is 0.497 e. The second-order valence-electron chi connectivity index (χ2n) is 6.17. The van der Waals surface area contributed by atoms with E-state index in [2.05, 4.69) is 5.10 Å². The summed E-state index contributed by atoms with van der Waals surface area (Å²) in [6, 6.07) is 21.6. The maximum Gasteiger partial charge on any atom is 0.280 e. The Balaban J connectivity index is 1.70. The van der Waals surface area contributed by atoms with Crippen LogP contribution in [0.3, 0.4) is 0 Å². The fourth-order valence-corrected chi connectivity index (χ4v) is 3.07. The molecule has 3 aromatic rings. The van der Waals surface area contributed by atoms with Crippen molar-refractivity contribution in [1.82, 2.24) is 0 Å². The molecule has 0 bridgehead atoms. The van der Waals surface area contributed by atoms with Crippen molar-refractivity contribution in [1.29, 1.82) is 0 Å². The highest BCUT2D eigenvalue weighted by Gasteiger charge is 2.28. The van der Waals surface area contributed by atoms with Crippen LogP contribution in [0.5, 0.6) is 5.75 Å². The fraction of sp³-hybridized carbons (Fsp3) is 0.0909. The van der Waals surface area contributed by atoms with Crippen LogP contribution in [0.25, 0.3) is 16.8 Å². The maximum atomic E-state index is 12.9. The quantitative estimate of drug-likeness (QED) is 0.650. The standard InChI is InChI=1S/C22H18N2O2/c1-15-21(13-16-6-5-9-20(12-16)26-2)22(25)24(23-15)19-11-10-17-7-3-4-8-18(17)14-19/h3-14H,1-2H3/b21-13+. The van der Waals surface area contributed by atoms with Gasteiger partial charge in [0.15, 0.2) is 0 Å².